The quantitative estimate of drug-likeness (QED) is 0.756. The van der Waals surface area contributed by atoms with Crippen LogP contribution in [-0.4, -0.2) is 13.6 Å². The van der Waals surface area contributed by atoms with Crippen molar-refractivity contribution in [3.05, 3.63) is 27.5 Å². The summed E-state index contributed by atoms with van der Waals surface area (Å²) in [4.78, 5) is 2.79. The first-order chi connectivity index (χ1) is 5.74. The van der Waals surface area contributed by atoms with Crippen molar-refractivity contribution < 1.29 is 0 Å². The summed E-state index contributed by atoms with van der Waals surface area (Å²) in [5.41, 5.74) is 1.35. The monoisotopic (exact) mass is 181 g/mol. The highest BCUT2D eigenvalue weighted by Gasteiger charge is 1.97. The van der Waals surface area contributed by atoms with Gasteiger partial charge in [0.2, 0.25) is 0 Å². The standard InChI is InChI=1S/C10H15NS/c1-8-7-10(9(2)12-8)5-4-6-11-3/h4-5,7,11H,6H2,1-3H3. The smallest absolute Gasteiger partial charge is 0.0135 e. The van der Waals surface area contributed by atoms with E-state index in [1.165, 1.54) is 15.3 Å². The molecule has 0 spiro atoms. The average molecular weight is 181 g/mol. The molecule has 0 radical (unpaired) electrons. The Labute approximate surface area is 78.1 Å². The molecule has 1 rings (SSSR count). The number of thiophene rings is 1. The van der Waals surface area contributed by atoms with Crippen molar-refractivity contribution >= 4 is 17.4 Å². The lowest BCUT2D eigenvalue weighted by Gasteiger charge is -1.89. The van der Waals surface area contributed by atoms with Crippen molar-refractivity contribution in [3.8, 4) is 0 Å². The maximum absolute atomic E-state index is 3.08. The highest BCUT2D eigenvalue weighted by atomic mass is 32.1. The molecule has 1 N–H and O–H groups in total. The van der Waals surface area contributed by atoms with Crippen molar-refractivity contribution in [2.24, 2.45) is 0 Å². The highest BCUT2D eigenvalue weighted by Crippen LogP contribution is 2.21. The molecule has 0 amide bonds. The topological polar surface area (TPSA) is 12.0 Å². The van der Waals surface area contributed by atoms with Crippen LogP contribution < -0.4 is 5.32 Å². The summed E-state index contributed by atoms with van der Waals surface area (Å²) in [6.07, 6.45) is 4.32. The molecule has 1 aromatic heterocycles. The molecule has 1 nitrogen and oxygen atoms in total. The van der Waals surface area contributed by atoms with Gasteiger partial charge < -0.3 is 5.32 Å². The van der Waals surface area contributed by atoms with Crippen molar-refractivity contribution in [1.29, 1.82) is 0 Å². The lowest BCUT2D eigenvalue weighted by Crippen LogP contribution is -2.03. The number of hydrogen-bond acceptors (Lipinski definition) is 2. The molecule has 0 saturated carbocycles. The fourth-order valence-electron chi connectivity index (χ4n) is 1.12. The second-order valence-electron chi connectivity index (χ2n) is 2.83. The maximum atomic E-state index is 3.08. The second-order valence-corrected chi connectivity index (χ2v) is 4.29. The molecule has 2 heteroatoms. The molecule has 0 aliphatic rings. The molecule has 0 saturated heterocycles. The number of rotatable bonds is 3. The lowest BCUT2D eigenvalue weighted by molar-refractivity contribution is 0.922. The molecule has 0 aliphatic heterocycles. The van der Waals surface area contributed by atoms with Crippen LogP contribution >= 0.6 is 11.3 Å². The summed E-state index contributed by atoms with van der Waals surface area (Å²) in [7, 11) is 1.95. The van der Waals surface area contributed by atoms with E-state index in [2.05, 4.69) is 37.4 Å². The number of likely N-dealkylation sites (N-methyl/N-ethyl adjacent to an activating group) is 1. The molecule has 0 fully saturated rings. The van der Waals surface area contributed by atoms with E-state index in [4.69, 9.17) is 0 Å². The molecule has 0 atom stereocenters. The summed E-state index contributed by atoms with van der Waals surface area (Å²) in [5.74, 6) is 0. The maximum Gasteiger partial charge on any atom is 0.0135 e. The van der Waals surface area contributed by atoms with Crippen LogP contribution in [-0.2, 0) is 0 Å². The molecule has 0 aliphatic carbocycles. The zero-order valence-corrected chi connectivity index (χ0v) is 8.66. The minimum Gasteiger partial charge on any atom is -0.316 e. The number of nitrogens with one attached hydrogen (secondary N) is 1. The normalized spacial score (nSPS) is 11.2. The van der Waals surface area contributed by atoms with Gasteiger partial charge in [-0.3, -0.25) is 0 Å². The second kappa shape index (κ2) is 4.43. The van der Waals surface area contributed by atoms with Crippen LogP contribution in [0.1, 0.15) is 15.3 Å². The van der Waals surface area contributed by atoms with E-state index in [-0.39, 0.29) is 0 Å². The van der Waals surface area contributed by atoms with Crippen LogP contribution in [0.4, 0.5) is 0 Å². The summed E-state index contributed by atoms with van der Waals surface area (Å²) >= 11 is 1.86. The lowest BCUT2D eigenvalue weighted by atomic mass is 10.2. The Balaban J connectivity index is 2.68. The highest BCUT2D eigenvalue weighted by molar-refractivity contribution is 7.12. The fourth-order valence-corrected chi connectivity index (χ4v) is 2.03. The van der Waals surface area contributed by atoms with Gasteiger partial charge in [-0.15, -0.1) is 11.3 Å². The van der Waals surface area contributed by atoms with Gasteiger partial charge in [0.25, 0.3) is 0 Å². The van der Waals surface area contributed by atoms with Crippen molar-refractivity contribution in [2.75, 3.05) is 13.6 Å². The Morgan fingerprint density at radius 2 is 2.25 bits per heavy atom. The summed E-state index contributed by atoms with van der Waals surface area (Å²) in [5, 5.41) is 3.08. The summed E-state index contributed by atoms with van der Waals surface area (Å²) in [6.45, 7) is 5.25. The molecule has 0 bridgehead atoms. The molecule has 0 aromatic carbocycles. The van der Waals surface area contributed by atoms with Crippen LogP contribution in [0.5, 0.6) is 0 Å². The predicted octanol–water partition coefficient (Wildman–Crippen LogP) is 2.60. The van der Waals surface area contributed by atoms with Gasteiger partial charge in [-0.2, -0.15) is 0 Å². The van der Waals surface area contributed by atoms with Crippen molar-refractivity contribution in [2.45, 2.75) is 13.8 Å². The first kappa shape index (κ1) is 9.49. The first-order valence-corrected chi connectivity index (χ1v) is 4.94. The Bertz CT molecular complexity index is 273. The van der Waals surface area contributed by atoms with E-state index in [1.54, 1.807) is 0 Å². The van der Waals surface area contributed by atoms with E-state index in [1.807, 2.05) is 18.4 Å². The fraction of sp³-hybridized carbons (Fsp3) is 0.400. The minimum atomic E-state index is 0.939. The third-order valence-corrected chi connectivity index (χ3v) is 2.68. The summed E-state index contributed by atoms with van der Waals surface area (Å²) in [6, 6.07) is 2.23. The van der Waals surface area contributed by atoms with Gasteiger partial charge in [0.05, 0.1) is 0 Å². The molecular formula is C10H15NS. The van der Waals surface area contributed by atoms with Crippen molar-refractivity contribution in [3.63, 3.8) is 0 Å². The molecule has 12 heavy (non-hydrogen) atoms. The van der Waals surface area contributed by atoms with Crippen LogP contribution in [0.2, 0.25) is 0 Å². The Morgan fingerprint density at radius 1 is 1.50 bits per heavy atom. The Hall–Kier alpha value is -0.600. The average Bonchev–Trinajstić information content (AvgIpc) is 2.31. The van der Waals surface area contributed by atoms with Crippen LogP contribution in [0.25, 0.3) is 6.08 Å². The van der Waals surface area contributed by atoms with Crippen molar-refractivity contribution in [1.82, 2.24) is 5.32 Å². The van der Waals surface area contributed by atoms with Gasteiger partial charge in [-0.05, 0) is 32.5 Å². The van der Waals surface area contributed by atoms with Crippen LogP contribution in [0, 0.1) is 13.8 Å². The van der Waals surface area contributed by atoms with Gasteiger partial charge in [0.15, 0.2) is 0 Å². The van der Waals surface area contributed by atoms with Gasteiger partial charge in [-0.25, -0.2) is 0 Å². The Morgan fingerprint density at radius 3 is 2.75 bits per heavy atom. The molecular weight excluding hydrogens is 166 g/mol. The largest absolute Gasteiger partial charge is 0.316 e. The van der Waals surface area contributed by atoms with Crippen LogP contribution in [0.3, 0.4) is 0 Å². The zero-order valence-electron chi connectivity index (χ0n) is 7.85. The molecule has 0 unspecified atom stereocenters. The first-order valence-electron chi connectivity index (χ1n) is 4.12. The van der Waals surface area contributed by atoms with E-state index in [9.17, 15) is 0 Å². The number of aryl methyl sites for hydroxylation is 2. The van der Waals surface area contributed by atoms with Gasteiger partial charge in [0, 0.05) is 16.3 Å². The van der Waals surface area contributed by atoms with Gasteiger partial charge in [-0.1, -0.05) is 12.2 Å². The summed E-state index contributed by atoms with van der Waals surface area (Å²) < 4.78 is 0. The van der Waals surface area contributed by atoms with Gasteiger partial charge in [0.1, 0.15) is 0 Å². The minimum absolute atomic E-state index is 0.939. The third-order valence-electron chi connectivity index (χ3n) is 1.70. The molecule has 1 heterocycles. The number of hydrogen-bond donors (Lipinski definition) is 1. The van der Waals surface area contributed by atoms with E-state index >= 15 is 0 Å². The van der Waals surface area contributed by atoms with Gasteiger partial charge >= 0.3 is 0 Å². The SMILES string of the molecule is CNCC=Cc1cc(C)sc1C. The van der Waals surface area contributed by atoms with E-state index in [0.717, 1.165) is 6.54 Å². The zero-order chi connectivity index (χ0) is 8.97. The Kier molecular flexibility index (Phi) is 3.50. The third kappa shape index (κ3) is 2.47. The van der Waals surface area contributed by atoms with E-state index in [0.29, 0.717) is 0 Å². The van der Waals surface area contributed by atoms with Crippen LogP contribution in [0.15, 0.2) is 12.1 Å². The molecule has 1 aromatic rings. The molecule has 66 valence electrons. The van der Waals surface area contributed by atoms with E-state index < -0.39 is 0 Å². The predicted molar refractivity (Wildman–Crippen MR) is 56.8 cm³/mol.